The number of nitrogens with one attached hydrogen (secondary N) is 2. The van der Waals surface area contributed by atoms with Crippen LogP contribution in [-0.2, 0) is 20.6 Å². The highest BCUT2D eigenvalue weighted by Gasteiger charge is 2.21. The van der Waals surface area contributed by atoms with Crippen LogP contribution in [0.3, 0.4) is 0 Å². The van der Waals surface area contributed by atoms with E-state index in [1.807, 2.05) is 24.3 Å². The maximum atomic E-state index is 13.1. The molecule has 172 valence electrons. The number of hydrogen-bond donors (Lipinski definition) is 2. The number of rotatable bonds is 4. The molecule has 2 N–H and O–H groups in total. The SMILES string of the molecule is Cn1c(=O)c2c(nc(Nc3nc4cc(Br)ccc4[nH]c3=O)n2Cc2cccc(Br)c2)n(C)c1=O. The molecule has 0 aliphatic rings. The largest absolute Gasteiger partial charge is 0.332 e. The van der Waals surface area contributed by atoms with Gasteiger partial charge in [0.05, 0.1) is 17.6 Å². The number of hydrogen-bond acceptors (Lipinski definition) is 6. The number of fused-ring (bicyclic) bond motifs is 2. The molecule has 0 spiro atoms. The van der Waals surface area contributed by atoms with Gasteiger partial charge in [-0.15, -0.1) is 0 Å². The molecule has 3 aromatic heterocycles. The molecule has 5 aromatic rings. The molecule has 10 nitrogen and oxygen atoms in total. The van der Waals surface area contributed by atoms with Crippen LogP contribution in [0, 0.1) is 0 Å². The third-order valence-corrected chi connectivity index (χ3v) is 6.45. The monoisotopic (exact) mass is 585 g/mol. The first-order chi connectivity index (χ1) is 16.2. The van der Waals surface area contributed by atoms with E-state index in [-0.39, 0.29) is 29.5 Å². The molecule has 12 heteroatoms. The van der Waals surface area contributed by atoms with E-state index < -0.39 is 16.8 Å². The lowest BCUT2D eigenvalue weighted by Crippen LogP contribution is -2.37. The molecular weight excluding hydrogens is 570 g/mol. The van der Waals surface area contributed by atoms with Gasteiger partial charge in [0.15, 0.2) is 17.0 Å². The Morgan fingerprint density at radius 1 is 0.971 bits per heavy atom. The molecule has 0 saturated heterocycles. The fraction of sp³-hybridized carbons (Fsp3) is 0.136. The summed E-state index contributed by atoms with van der Waals surface area (Å²) in [5.74, 6) is 0.221. The van der Waals surface area contributed by atoms with Gasteiger partial charge in [0.2, 0.25) is 5.95 Å². The summed E-state index contributed by atoms with van der Waals surface area (Å²) in [6.07, 6.45) is 0. The van der Waals surface area contributed by atoms with Crippen LogP contribution in [-0.4, -0.2) is 28.7 Å². The van der Waals surface area contributed by atoms with E-state index in [1.54, 1.807) is 29.8 Å². The van der Waals surface area contributed by atoms with Crippen molar-refractivity contribution in [1.82, 2.24) is 28.7 Å². The minimum Gasteiger partial charge on any atom is -0.317 e. The summed E-state index contributed by atoms with van der Waals surface area (Å²) >= 11 is 6.87. The highest BCUT2D eigenvalue weighted by molar-refractivity contribution is 9.10. The maximum Gasteiger partial charge on any atom is 0.332 e. The van der Waals surface area contributed by atoms with E-state index in [2.05, 4.69) is 52.1 Å². The summed E-state index contributed by atoms with van der Waals surface area (Å²) in [5.41, 5.74) is 1.03. The van der Waals surface area contributed by atoms with Crippen LogP contribution < -0.4 is 22.1 Å². The molecule has 0 bridgehead atoms. The zero-order valence-corrected chi connectivity index (χ0v) is 21.1. The lowest BCUT2D eigenvalue weighted by Gasteiger charge is -2.11. The molecule has 0 unspecified atom stereocenters. The lowest BCUT2D eigenvalue weighted by atomic mass is 10.2. The quantitative estimate of drug-likeness (QED) is 0.334. The molecule has 0 fully saturated rings. The Hall–Kier alpha value is -3.51. The Balaban J connectivity index is 1.74. The van der Waals surface area contributed by atoms with Crippen molar-refractivity contribution in [3.8, 4) is 0 Å². The second-order valence-electron chi connectivity index (χ2n) is 7.73. The van der Waals surface area contributed by atoms with Gasteiger partial charge in [0.1, 0.15) is 0 Å². The summed E-state index contributed by atoms with van der Waals surface area (Å²) in [4.78, 5) is 50.1. The van der Waals surface area contributed by atoms with E-state index in [0.29, 0.717) is 11.0 Å². The van der Waals surface area contributed by atoms with Crippen molar-refractivity contribution in [2.24, 2.45) is 14.1 Å². The van der Waals surface area contributed by atoms with Crippen LogP contribution in [0.2, 0.25) is 0 Å². The Bertz CT molecular complexity index is 1780. The first-order valence-electron chi connectivity index (χ1n) is 10.1. The fourth-order valence-corrected chi connectivity index (χ4v) is 4.56. The minimum absolute atomic E-state index is 0.0122. The topological polar surface area (TPSA) is 120 Å². The number of imidazole rings is 1. The van der Waals surface area contributed by atoms with Crippen molar-refractivity contribution in [3.63, 3.8) is 0 Å². The third kappa shape index (κ3) is 3.78. The lowest BCUT2D eigenvalue weighted by molar-refractivity contribution is 0.702. The molecule has 0 aliphatic carbocycles. The van der Waals surface area contributed by atoms with Crippen molar-refractivity contribution >= 4 is 65.8 Å². The Morgan fingerprint density at radius 2 is 1.74 bits per heavy atom. The number of anilines is 2. The van der Waals surface area contributed by atoms with Gasteiger partial charge < -0.3 is 10.3 Å². The first-order valence-corrected chi connectivity index (χ1v) is 11.7. The van der Waals surface area contributed by atoms with Gasteiger partial charge in [0, 0.05) is 23.0 Å². The average Bonchev–Trinajstić information content (AvgIpc) is 3.15. The van der Waals surface area contributed by atoms with E-state index in [1.165, 1.54) is 11.6 Å². The maximum absolute atomic E-state index is 13.1. The smallest absolute Gasteiger partial charge is 0.317 e. The van der Waals surface area contributed by atoms with E-state index in [4.69, 9.17) is 0 Å². The number of aromatic amines is 1. The van der Waals surface area contributed by atoms with Crippen LogP contribution in [0.1, 0.15) is 5.56 Å². The summed E-state index contributed by atoms with van der Waals surface area (Å²) in [5, 5.41) is 2.98. The molecule has 0 atom stereocenters. The fourth-order valence-electron chi connectivity index (χ4n) is 3.76. The molecule has 3 heterocycles. The van der Waals surface area contributed by atoms with E-state index in [0.717, 1.165) is 19.1 Å². The van der Waals surface area contributed by atoms with Crippen molar-refractivity contribution in [1.29, 1.82) is 0 Å². The van der Waals surface area contributed by atoms with Gasteiger partial charge in [0.25, 0.3) is 11.1 Å². The molecule has 0 radical (unpaired) electrons. The van der Waals surface area contributed by atoms with E-state index in [9.17, 15) is 14.4 Å². The second kappa shape index (κ2) is 8.37. The highest BCUT2D eigenvalue weighted by atomic mass is 79.9. The normalized spacial score (nSPS) is 11.4. The van der Waals surface area contributed by atoms with Crippen molar-refractivity contribution in [2.75, 3.05) is 5.32 Å². The number of H-pyrrole nitrogens is 1. The third-order valence-electron chi connectivity index (χ3n) is 5.46. The predicted octanol–water partition coefficient (Wildman–Crippen LogP) is 2.99. The van der Waals surface area contributed by atoms with E-state index >= 15 is 0 Å². The second-order valence-corrected chi connectivity index (χ2v) is 9.56. The highest BCUT2D eigenvalue weighted by Crippen LogP contribution is 2.22. The Morgan fingerprint density at radius 3 is 2.50 bits per heavy atom. The van der Waals surface area contributed by atoms with Gasteiger partial charge >= 0.3 is 5.69 Å². The van der Waals surface area contributed by atoms with Gasteiger partial charge in [-0.05, 0) is 35.9 Å². The number of benzene rings is 2. The average molecular weight is 587 g/mol. The molecule has 0 aliphatic heterocycles. The summed E-state index contributed by atoms with van der Waals surface area (Å²) in [6.45, 7) is 0.267. The Labute approximate surface area is 208 Å². The van der Waals surface area contributed by atoms with Crippen molar-refractivity contribution < 1.29 is 0 Å². The summed E-state index contributed by atoms with van der Waals surface area (Å²) in [6, 6.07) is 12.9. The minimum atomic E-state index is -0.498. The molecule has 0 saturated carbocycles. The van der Waals surface area contributed by atoms with Crippen molar-refractivity contribution in [3.05, 3.63) is 88.2 Å². The van der Waals surface area contributed by atoms with Crippen LogP contribution in [0.4, 0.5) is 11.8 Å². The predicted molar refractivity (Wildman–Crippen MR) is 137 cm³/mol. The van der Waals surface area contributed by atoms with Crippen LogP contribution in [0.15, 0.2) is 65.8 Å². The number of aromatic nitrogens is 6. The first kappa shape index (κ1) is 22.3. The zero-order valence-electron chi connectivity index (χ0n) is 18.0. The van der Waals surface area contributed by atoms with Gasteiger partial charge in [-0.3, -0.25) is 23.3 Å². The molecule has 2 aromatic carbocycles. The Kier molecular flexibility index (Phi) is 5.48. The zero-order chi connectivity index (χ0) is 24.1. The number of aryl methyl sites for hydroxylation is 1. The molecule has 34 heavy (non-hydrogen) atoms. The number of halogens is 2. The van der Waals surface area contributed by atoms with Crippen LogP contribution >= 0.6 is 31.9 Å². The van der Waals surface area contributed by atoms with Gasteiger partial charge in [-0.1, -0.05) is 44.0 Å². The molecule has 0 amide bonds. The standard InChI is InChI=1S/C22H17Br2N7O3/c1-29-18-16(20(33)30(2)22(29)34)31(10-11-4-3-5-12(23)8-11)21(28-18)27-17-19(32)26-14-7-6-13(24)9-15(14)25-17/h3-9H,10H2,1-2H3,(H,26,32)(H,25,27,28). The summed E-state index contributed by atoms with van der Waals surface area (Å²) < 4.78 is 5.66. The molecule has 5 rings (SSSR count). The van der Waals surface area contributed by atoms with Crippen LogP contribution in [0.5, 0.6) is 0 Å². The van der Waals surface area contributed by atoms with Crippen LogP contribution in [0.25, 0.3) is 22.2 Å². The van der Waals surface area contributed by atoms with Gasteiger partial charge in [-0.25, -0.2) is 9.78 Å². The van der Waals surface area contributed by atoms with Gasteiger partial charge in [-0.2, -0.15) is 4.98 Å². The molecular formula is C22H17Br2N7O3. The number of nitrogens with zero attached hydrogens (tertiary/aromatic N) is 5. The summed E-state index contributed by atoms with van der Waals surface area (Å²) in [7, 11) is 2.96. The van der Waals surface area contributed by atoms with Crippen molar-refractivity contribution in [2.45, 2.75) is 6.54 Å².